The van der Waals surface area contributed by atoms with Crippen molar-refractivity contribution >= 4 is 0 Å². The Kier molecular flexibility index (Phi) is 5.27. The van der Waals surface area contributed by atoms with E-state index in [-0.39, 0.29) is 0 Å². The molecule has 5 heteroatoms. The molecule has 1 atom stereocenters. The van der Waals surface area contributed by atoms with E-state index in [4.69, 9.17) is 4.74 Å². The van der Waals surface area contributed by atoms with Gasteiger partial charge in [-0.05, 0) is 39.3 Å². The van der Waals surface area contributed by atoms with Crippen LogP contribution in [-0.2, 0) is 11.3 Å². The SMILES string of the molecule is Cc1ncc(CN2CCCOC(CN3CCCCC3)C2)[nH]1. The van der Waals surface area contributed by atoms with Gasteiger partial charge in [-0.2, -0.15) is 0 Å². The predicted octanol–water partition coefficient (Wildman–Crippen LogP) is 1.79. The summed E-state index contributed by atoms with van der Waals surface area (Å²) >= 11 is 0. The van der Waals surface area contributed by atoms with E-state index in [2.05, 4.69) is 19.8 Å². The zero-order valence-corrected chi connectivity index (χ0v) is 13.2. The average Bonchev–Trinajstić information content (AvgIpc) is 2.76. The van der Waals surface area contributed by atoms with Gasteiger partial charge in [0, 0.05) is 44.7 Å². The smallest absolute Gasteiger partial charge is 0.103 e. The van der Waals surface area contributed by atoms with Crippen LogP contribution in [0.5, 0.6) is 0 Å². The third-order valence-corrected chi connectivity index (χ3v) is 4.49. The zero-order valence-electron chi connectivity index (χ0n) is 13.2. The highest BCUT2D eigenvalue weighted by Gasteiger charge is 2.22. The molecule has 2 fully saturated rings. The van der Waals surface area contributed by atoms with Gasteiger partial charge in [-0.3, -0.25) is 4.90 Å². The summed E-state index contributed by atoms with van der Waals surface area (Å²) in [5, 5.41) is 0. The third-order valence-electron chi connectivity index (χ3n) is 4.49. The lowest BCUT2D eigenvalue weighted by Crippen LogP contribution is -2.42. The number of nitrogens with zero attached hydrogens (tertiary/aromatic N) is 3. The van der Waals surface area contributed by atoms with Crippen LogP contribution in [0.4, 0.5) is 0 Å². The summed E-state index contributed by atoms with van der Waals surface area (Å²) in [4.78, 5) is 12.7. The molecule has 3 heterocycles. The molecule has 0 bridgehead atoms. The quantitative estimate of drug-likeness (QED) is 0.919. The highest BCUT2D eigenvalue weighted by Crippen LogP contribution is 2.14. The molecule has 1 unspecified atom stereocenters. The van der Waals surface area contributed by atoms with Gasteiger partial charge in [0.1, 0.15) is 5.82 Å². The Morgan fingerprint density at radius 3 is 2.76 bits per heavy atom. The minimum absolute atomic E-state index is 0.356. The van der Waals surface area contributed by atoms with Crippen LogP contribution in [0.25, 0.3) is 0 Å². The fourth-order valence-electron chi connectivity index (χ4n) is 3.45. The molecule has 2 saturated heterocycles. The lowest BCUT2D eigenvalue weighted by molar-refractivity contribution is 0.0216. The number of ether oxygens (including phenoxy) is 1. The van der Waals surface area contributed by atoms with Gasteiger partial charge in [-0.15, -0.1) is 0 Å². The number of likely N-dealkylation sites (tertiary alicyclic amines) is 1. The highest BCUT2D eigenvalue weighted by atomic mass is 16.5. The molecule has 5 nitrogen and oxygen atoms in total. The van der Waals surface area contributed by atoms with Crippen molar-refractivity contribution in [1.29, 1.82) is 0 Å². The number of hydrogen-bond donors (Lipinski definition) is 1. The van der Waals surface area contributed by atoms with Crippen LogP contribution in [0.3, 0.4) is 0 Å². The molecule has 1 aromatic heterocycles. The number of aromatic nitrogens is 2. The van der Waals surface area contributed by atoms with Crippen molar-refractivity contribution in [1.82, 2.24) is 19.8 Å². The number of H-pyrrole nitrogens is 1. The van der Waals surface area contributed by atoms with Gasteiger partial charge in [0.25, 0.3) is 0 Å². The van der Waals surface area contributed by atoms with Crippen molar-refractivity contribution < 1.29 is 4.74 Å². The van der Waals surface area contributed by atoms with Gasteiger partial charge in [0.05, 0.1) is 6.10 Å². The molecule has 118 valence electrons. The minimum atomic E-state index is 0.356. The van der Waals surface area contributed by atoms with E-state index in [0.29, 0.717) is 6.10 Å². The number of nitrogens with one attached hydrogen (secondary N) is 1. The van der Waals surface area contributed by atoms with Crippen LogP contribution in [-0.4, -0.2) is 65.2 Å². The molecule has 2 aliphatic rings. The Balaban J connectivity index is 1.52. The maximum Gasteiger partial charge on any atom is 0.103 e. The van der Waals surface area contributed by atoms with Crippen LogP contribution in [0.15, 0.2) is 6.20 Å². The average molecular weight is 292 g/mol. The molecule has 21 heavy (non-hydrogen) atoms. The van der Waals surface area contributed by atoms with Crippen LogP contribution in [0.1, 0.15) is 37.2 Å². The molecule has 3 rings (SSSR count). The van der Waals surface area contributed by atoms with Crippen LogP contribution in [0, 0.1) is 6.92 Å². The molecular weight excluding hydrogens is 264 g/mol. The number of piperidine rings is 1. The maximum absolute atomic E-state index is 6.07. The number of rotatable bonds is 4. The normalized spacial score (nSPS) is 25.9. The minimum Gasteiger partial charge on any atom is -0.376 e. The Bertz CT molecular complexity index is 428. The second kappa shape index (κ2) is 7.38. The number of hydrogen-bond acceptors (Lipinski definition) is 4. The summed E-state index contributed by atoms with van der Waals surface area (Å²) < 4.78 is 6.07. The lowest BCUT2D eigenvalue weighted by atomic mass is 10.1. The van der Waals surface area contributed by atoms with E-state index >= 15 is 0 Å². The molecule has 1 aromatic rings. The first kappa shape index (κ1) is 15.0. The van der Waals surface area contributed by atoms with Crippen molar-refractivity contribution in [2.24, 2.45) is 0 Å². The molecule has 2 aliphatic heterocycles. The molecule has 0 radical (unpaired) electrons. The Morgan fingerprint density at radius 1 is 1.19 bits per heavy atom. The van der Waals surface area contributed by atoms with Crippen LogP contribution in [0.2, 0.25) is 0 Å². The molecule has 0 aliphatic carbocycles. The second-order valence-electron chi connectivity index (χ2n) is 6.44. The van der Waals surface area contributed by atoms with Gasteiger partial charge in [-0.25, -0.2) is 4.98 Å². The summed E-state index contributed by atoms with van der Waals surface area (Å²) in [6, 6.07) is 0. The van der Waals surface area contributed by atoms with E-state index in [9.17, 15) is 0 Å². The third kappa shape index (κ3) is 4.53. The van der Waals surface area contributed by atoms with Gasteiger partial charge in [-0.1, -0.05) is 6.42 Å². The zero-order chi connectivity index (χ0) is 14.5. The lowest BCUT2D eigenvalue weighted by Gasteiger charge is -2.31. The first-order chi connectivity index (χ1) is 10.3. The second-order valence-corrected chi connectivity index (χ2v) is 6.44. The summed E-state index contributed by atoms with van der Waals surface area (Å²) in [5.74, 6) is 1.00. The van der Waals surface area contributed by atoms with Gasteiger partial charge >= 0.3 is 0 Å². The molecule has 0 aromatic carbocycles. The fraction of sp³-hybridized carbons (Fsp3) is 0.812. The summed E-state index contributed by atoms with van der Waals surface area (Å²) in [6.07, 6.45) is 7.54. The van der Waals surface area contributed by atoms with E-state index in [1.807, 2.05) is 13.1 Å². The Hall–Kier alpha value is -0.910. The number of aryl methyl sites for hydroxylation is 1. The molecule has 0 amide bonds. The number of aromatic amines is 1. The van der Waals surface area contributed by atoms with Crippen molar-refractivity contribution in [3.8, 4) is 0 Å². The largest absolute Gasteiger partial charge is 0.376 e. The van der Waals surface area contributed by atoms with Crippen molar-refractivity contribution in [3.63, 3.8) is 0 Å². The maximum atomic E-state index is 6.07. The van der Waals surface area contributed by atoms with Crippen LogP contribution < -0.4 is 0 Å². The predicted molar refractivity (Wildman–Crippen MR) is 83.2 cm³/mol. The van der Waals surface area contributed by atoms with Crippen molar-refractivity contribution in [2.75, 3.05) is 39.3 Å². The van der Waals surface area contributed by atoms with Gasteiger partial charge in [0.15, 0.2) is 0 Å². The van der Waals surface area contributed by atoms with E-state index in [0.717, 1.165) is 45.0 Å². The van der Waals surface area contributed by atoms with Crippen molar-refractivity contribution in [3.05, 3.63) is 17.7 Å². The van der Waals surface area contributed by atoms with Crippen molar-refractivity contribution in [2.45, 2.75) is 45.3 Å². The Labute approximate surface area is 127 Å². The summed E-state index contributed by atoms with van der Waals surface area (Å²) in [7, 11) is 0. The topological polar surface area (TPSA) is 44.4 Å². The van der Waals surface area contributed by atoms with Crippen LogP contribution >= 0.6 is 0 Å². The highest BCUT2D eigenvalue weighted by molar-refractivity contribution is 5.00. The summed E-state index contributed by atoms with van der Waals surface area (Å²) in [5.41, 5.74) is 1.21. The van der Waals surface area contributed by atoms with E-state index in [1.54, 1.807) is 0 Å². The first-order valence-electron chi connectivity index (χ1n) is 8.36. The van der Waals surface area contributed by atoms with E-state index < -0.39 is 0 Å². The molecule has 0 saturated carbocycles. The first-order valence-corrected chi connectivity index (χ1v) is 8.36. The molecular formula is C16H28N4O. The molecule has 0 spiro atoms. The van der Waals surface area contributed by atoms with E-state index in [1.165, 1.54) is 38.0 Å². The standard InChI is InChI=1S/C16H28N4O/c1-14-17-10-15(18-14)11-20-8-5-9-21-16(13-20)12-19-6-3-2-4-7-19/h10,16H,2-9,11-13H2,1H3,(H,17,18). The monoisotopic (exact) mass is 292 g/mol. The summed E-state index contributed by atoms with van der Waals surface area (Å²) in [6.45, 7) is 9.62. The number of imidazole rings is 1. The van der Waals surface area contributed by atoms with Gasteiger partial charge < -0.3 is 14.6 Å². The molecule has 1 N–H and O–H groups in total. The van der Waals surface area contributed by atoms with Gasteiger partial charge in [0.2, 0.25) is 0 Å². The fourth-order valence-corrected chi connectivity index (χ4v) is 3.45. The Morgan fingerprint density at radius 2 is 2.00 bits per heavy atom.